The summed E-state index contributed by atoms with van der Waals surface area (Å²) in [6, 6.07) is 7.44. The number of thiophene rings is 1. The number of amides is 2. The highest BCUT2D eigenvalue weighted by atomic mass is 32.1. The number of nitrogens with one attached hydrogen (secondary N) is 2. The number of hydrogen-bond donors (Lipinski definition) is 2. The van der Waals surface area contributed by atoms with Gasteiger partial charge in [-0.3, -0.25) is 9.59 Å². The van der Waals surface area contributed by atoms with E-state index in [0.29, 0.717) is 21.1 Å². The Hall–Kier alpha value is -2.67. The van der Waals surface area contributed by atoms with Crippen molar-refractivity contribution in [3.63, 3.8) is 0 Å². The monoisotopic (exact) mass is 388 g/mol. The molecule has 1 aromatic heterocycles. The maximum Gasteiger partial charge on any atom is 0.341 e. The Morgan fingerprint density at radius 3 is 2.44 bits per heavy atom. The standard InChI is InChI=1S/C20H24N2O4S/c1-6-26-20(25)15-13(5)16(27-19(15)22-17(23)11(2)3)18(24)21-14-9-7-8-12(4)10-14/h7-11H,6H2,1-5H3,(H,21,24)(H,22,23). The fourth-order valence-electron chi connectivity index (χ4n) is 2.43. The summed E-state index contributed by atoms with van der Waals surface area (Å²) in [7, 11) is 0. The number of carbonyl (C=O) groups is 3. The fraction of sp³-hybridized carbons (Fsp3) is 0.350. The summed E-state index contributed by atoms with van der Waals surface area (Å²) in [5, 5.41) is 5.90. The molecule has 0 aliphatic heterocycles. The summed E-state index contributed by atoms with van der Waals surface area (Å²) in [5.41, 5.74) is 2.40. The van der Waals surface area contributed by atoms with Gasteiger partial charge < -0.3 is 15.4 Å². The number of carbonyl (C=O) groups excluding carboxylic acids is 3. The number of ether oxygens (including phenoxy) is 1. The van der Waals surface area contributed by atoms with Crippen molar-refractivity contribution in [1.29, 1.82) is 0 Å². The van der Waals surface area contributed by atoms with Gasteiger partial charge >= 0.3 is 5.97 Å². The molecule has 1 heterocycles. The van der Waals surface area contributed by atoms with Crippen LogP contribution < -0.4 is 10.6 Å². The van der Waals surface area contributed by atoms with Gasteiger partial charge in [-0.25, -0.2) is 4.79 Å². The molecule has 0 bridgehead atoms. The molecular weight excluding hydrogens is 364 g/mol. The molecule has 27 heavy (non-hydrogen) atoms. The number of rotatable bonds is 6. The second kappa shape index (κ2) is 8.81. The largest absolute Gasteiger partial charge is 0.462 e. The third-order valence-corrected chi connectivity index (χ3v) is 5.08. The molecule has 6 nitrogen and oxygen atoms in total. The first-order valence-corrected chi connectivity index (χ1v) is 9.55. The van der Waals surface area contributed by atoms with E-state index in [1.165, 1.54) is 0 Å². The average Bonchev–Trinajstić information content (AvgIpc) is 2.91. The lowest BCUT2D eigenvalue weighted by atomic mass is 10.1. The summed E-state index contributed by atoms with van der Waals surface area (Å²) in [6.45, 7) is 9.04. The minimum atomic E-state index is -0.556. The first kappa shape index (κ1) is 20.6. The van der Waals surface area contributed by atoms with Gasteiger partial charge in [0.05, 0.1) is 17.0 Å². The van der Waals surface area contributed by atoms with Crippen molar-refractivity contribution < 1.29 is 19.1 Å². The van der Waals surface area contributed by atoms with Gasteiger partial charge in [-0.05, 0) is 44.0 Å². The lowest BCUT2D eigenvalue weighted by molar-refractivity contribution is -0.118. The zero-order valence-electron chi connectivity index (χ0n) is 16.1. The normalized spacial score (nSPS) is 10.6. The van der Waals surface area contributed by atoms with Gasteiger partial charge in [-0.2, -0.15) is 0 Å². The smallest absolute Gasteiger partial charge is 0.341 e. The Balaban J connectivity index is 2.39. The van der Waals surface area contributed by atoms with E-state index >= 15 is 0 Å². The van der Waals surface area contributed by atoms with E-state index in [-0.39, 0.29) is 29.9 Å². The molecule has 0 aliphatic carbocycles. The minimum absolute atomic E-state index is 0.205. The molecule has 0 unspecified atom stereocenters. The van der Waals surface area contributed by atoms with Crippen molar-refractivity contribution in [1.82, 2.24) is 0 Å². The number of aryl methyl sites for hydroxylation is 1. The Labute approximate surface area is 162 Å². The second-order valence-corrected chi connectivity index (χ2v) is 7.47. The van der Waals surface area contributed by atoms with Crippen molar-refractivity contribution in [2.24, 2.45) is 5.92 Å². The SMILES string of the molecule is CCOC(=O)c1c(NC(=O)C(C)C)sc(C(=O)Nc2cccc(C)c2)c1C. The van der Waals surface area contributed by atoms with Crippen LogP contribution >= 0.6 is 11.3 Å². The van der Waals surface area contributed by atoms with Crippen LogP contribution in [0.4, 0.5) is 10.7 Å². The van der Waals surface area contributed by atoms with E-state index in [0.717, 1.165) is 16.9 Å². The molecule has 0 atom stereocenters. The quantitative estimate of drug-likeness (QED) is 0.719. The topological polar surface area (TPSA) is 84.5 Å². The summed E-state index contributed by atoms with van der Waals surface area (Å²) in [6.07, 6.45) is 0. The summed E-state index contributed by atoms with van der Waals surface area (Å²) < 4.78 is 5.10. The Kier molecular flexibility index (Phi) is 6.74. The Morgan fingerprint density at radius 2 is 1.85 bits per heavy atom. The molecule has 2 rings (SSSR count). The zero-order chi connectivity index (χ0) is 20.1. The van der Waals surface area contributed by atoms with E-state index in [2.05, 4.69) is 10.6 Å². The third kappa shape index (κ3) is 4.95. The summed E-state index contributed by atoms with van der Waals surface area (Å²) in [4.78, 5) is 37.6. The van der Waals surface area contributed by atoms with Gasteiger partial charge in [-0.1, -0.05) is 26.0 Å². The van der Waals surface area contributed by atoms with Gasteiger partial charge in [0.15, 0.2) is 0 Å². The minimum Gasteiger partial charge on any atom is -0.462 e. The highest BCUT2D eigenvalue weighted by Gasteiger charge is 2.27. The second-order valence-electron chi connectivity index (χ2n) is 6.45. The van der Waals surface area contributed by atoms with Crippen molar-refractivity contribution in [2.75, 3.05) is 17.2 Å². The number of benzene rings is 1. The van der Waals surface area contributed by atoms with Gasteiger partial charge in [0.25, 0.3) is 5.91 Å². The van der Waals surface area contributed by atoms with E-state index in [1.807, 2.05) is 25.1 Å². The molecule has 0 radical (unpaired) electrons. The van der Waals surface area contributed by atoms with Gasteiger partial charge in [-0.15, -0.1) is 11.3 Å². The highest BCUT2D eigenvalue weighted by molar-refractivity contribution is 7.18. The third-order valence-electron chi connectivity index (χ3n) is 3.87. The van der Waals surface area contributed by atoms with Crippen LogP contribution in [0.25, 0.3) is 0 Å². The molecule has 1 aromatic carbocycles. The average molecular weight is 388 g/mol. The van der Waals surface area contributed by atoms with Crippen LogP contribution in [0.3, 0.4) is 0 Å². The van der Waals surface area contributed by atoms with Crippen LogP contribution in [0, 0.1) is 19.8 Å². The molecule has 0 saturated carbocycles. The van der Waals surface area contributed by atoms with Gasteiger partial charge in [0.1, 0.15) is 5.00 Å². The maximum atomic E-state index is 12.7. The van der Waals surface area contributed by atoms with E-state index in [4.69, 9.17) is 4.74 Å². The molecule has 2 amide bonds. The lowest BCUT2D eigenvalue weighted by Gasteiger charge is -2.08. The molecule has 2 N–H and O–H groups in total. The molecule has 7 heteroatoms. The van der Waals surface area contributed by atoms with Crippen LogP contribution in [0.15, 0.2) is 24.3 Å². The molecule has 0 fully saturated rings. The highest BCUT2D eigenvalue weighted by Crippen LogP contribution is 2.34. The molecule has 2 aromatic rings. The molecule has 0 aliphatic rings. The first-order chi connectivity index (χ1) is 12.7. The lowest BCUT2D eigenvalue weighted by Crippen LogP contribution is -2.19. The summed E-state index contributed by atoms with van der Waals surface area (Å²) in [5.74, 6) is -1.38. The molecular formula is C20H24N2O4S. The van der Waals surface area contributed by atoms with Crippen LogP contribution in [0.1, 0.15) is 51.9 Å². The van der Waals surface area contributed by atoms with Crippen LogP contribution in [0.5, 0.6) is 0 Å². The Bertz CT molecular complexity index is 871. The van der Waals surface area contributed by atoms with Crippen molar-refractivity contribution in [3.8, 4) is 0 Å². The summed E-state index contributed by atoms with van der Waals surface area (Å²) >= 11 is 1.07. The van der Waals surface area contributed by atoms with Crippen molar-refractivity contribution in [3.05, 3.63) is 45.8 Å². The zero-order valence-corrected chi connectivity index (χ0v) is 17.0. The molecule has 144 valence electrons. The maximum absolute atomic E-state index is 12.7. The number of anilines is 2. The predicted octanol–water partition coefficient (Wildman–Crippen LogP) is 4.39. The van der Waals surface area contributed by atoms with Crippen LogP contribution in [-0.2, 0) is 9.53 Å². The predicted molar refractivity (Wildman–Crippen MR) is 108 cm³/mol. The van der Waals surface area contributed by atoms with E-state index < -0.39 is 5.97 Å². The first-order valence-electron chi connectivity index (χ1n) is 8.74. The number of hydrogen-bond acceptors (Lipinski definition) is 5. The molecule has 0 saturated heterocycles. The van der Waals surface area contributed by atoms with Crippen molar-refractivity contribution in [2.45, 2.75) is 34.6 Å². The van der Waals surface area contributed by atoms with Gasteiger partial charge in [0, 0.05) is 11.6 Å². The molecule has 0 spiro atoms. The van der Waals surface area contributed by atoms with Crippen LogP contribution in [0.2, 0.25) is 0 Å². The fourth-order valence-corrected chi connectivity index (χ4v) is 3.53. The Morgan fingerprint density at radius 1 is 1.15 bits per heavy atom. The van der Waals surface area contributed by atoms with Gasteiger partial charge in [0.2, 0.25) is 5.91 Å². The van der Waals surface area contributed by atoms with Crippen molar-refractivity contribution >= 4 is 39.8 Å². The van der Waals surface area contributed by atoms with E-state index in [9.17, 15) is 14.4 Å². The van der Waals surface area contributed by atoms with E-state index in [1.54, 1.807) is 33.8 Å². The van der Waals surface area contributed by atoms with Crippen LogP contribution in [-0.4, -0.2) is 24.4 Å². The number of esters is 1.